The molecule has 1 aromatic carbocycles. The molecule has 0 spiro atoms. The topological polar surface area (TPSA) is 50.4 Å². The molecule has 0 radical (unpaired) electrons. The van der Waals surface area contributed by atoms with Crippen molar-refractivity contribution in [1.82, 2.24) is 10.6 Å². The minimum Gasteiger partial charge on any atom is -0.481 e. The number of piperidine rings is 1. The zero-order valence-corrected chi connectivity index (χ0v) is 11.7. The van der Waals surface area contributed by atoms with Crippen LogP contribution in [0.5, 0.6) is 5.75 Å². The Kier molecular flexibility index (Phi) is 5.35. The van der Waals surface area contributed by atoms with Gasteiger partial charge in [-0.05, 0) is 50.9 Å². The molecule has 1 heterocycles. The monoisotopic (exact) mass is 280 g/mol. The molecule has 1 fully saturated rings. The summed E-state index contributed by atoms with van der Waals surface area (Å²) in [5.74, 6) is 0.310. The minimum atomic E-state index is -0.631. The maximum absolute atomic E-state index is 13.0. The van der Waals surface area contributed by atoms with Crippen molar-refractivity contribution in [3.05, 3.63) is 30.1 Å². The first-order valence-electron chi connectivity index (χ1n) is 7.06. The summed E-state index contributed by atoms with van der Waals surface area (Å²) in [6, 6.07) is 5.81. The lowest BCUT2D eigenvalue weighted by Crippen LogP contribution is -2.42. The Bertz CT molecular complexity index is 447. The van der Waals surface area contributed by atoms with Crippen molar-refractivity contribution in [3.8, 4) is 5.75 Å². The molecule has 0 saturated carbocycles. The molecule has 0 aromatic heterocycles. The first-order chi connectivity index (χ1) is 9.65. The van der Waals surface area contributed by atoms with Crippen molar-refractivity contribution in [3.63, 3.8) is 0 Å². The average Bonchev–Trinajstić information content (AvgIpc) is 2.46. The highest BCUT2D eigenvalue weighted by molar-refractivity contribution is 5.80. The SMILES string of the molecule is CC(Oc1cccc(F)c1)C(=O)NCC1CCCNC1. The van der Waals surface area contributed by atoms with E-state index in [4.69, 9.17) is 4.74 Å². The third kappa shape index (κ3) is 4.49. The molecule has 20 heavy (non-hydrogen) atoms. The molecule has 0 aliphatic carbocycles. The van der Waals surface area contributed by atoms with Gasteiger partial charge in [0.2, 0.25) is 0 Å². The largest absolute Gasteiger partial charge is 0.481 e. The summed E-state index contributed by atoms with van der Waals surface area (Å²) in [4.78, 5) is 11.9. The quantitative estimate of drug-likeness (QED) is 0.863. The fourth-order valence-corrected chi connectivity index (χ4v) is 2.28. The predicted molar refractivity (Wildman–Crippen MR) is 75.1 cm³/mol. The summed E-state index contributed by atoms with van der Waals surface area (Å²) >= 11 is 0. The lowest BCUT2D eigenvalue weighted by Gasteiger charge is -2.23. The van der Waals surface area contributed by atoms with E-state index in [0.717, 1.165) is 25.9 Å². The molecule has 1 aliphatic rings. The number of carbonyl (C=O) groups excluding carboxylic acids is 1. The van der Waals surface area contributed by atoms with Crippen LogP contribution in [-0.4, -0.2) is 31.6 Å². The molecule has 2 rings (SSSR count). The van der Waals surface area contributed by atoms with Gasteiger partial charge in [-0.25, -0.2) is 4.39 Å². The van der Waals surface area contributed by atoms with Gasteiger partial charge in [0.1, 0.15) is 11.6 Å². The third-order valence-corrected chi connectivity index (χ3v) is 3.44. The first kappa shape index (κ1) is 14.8. The molecule has 2 atom stereocenters. The average molecular weight is 280 g/mol. The number of hydrogen-bond donors (Lipinski definition) is 2. The maximum Gasteiger partial charge on any atom is 0.260 e. The first-order valence-corrected chi connectivity index (χ1v) is 7.06. The number of ether oxygens (including phenoxy) is 1. The van der Waals surface area contributed by atoms with E-state index in [2.05, 4.69) is 10.6 Å². The van der Waals surface area contributed by atoms with Crippen LogP contribution in [0.15, 0.2) is 24.3 Å². The molecule has 1 aromatic rings. The van der Waals surface area contributed by atoms with E-state index < -0.39 is 6.10 Å². The Morgan fingerprint density at radius 1 is 1.60 bits per heavy atom. The van der Waals surface area contributed by atoms with Gasteiger partial charge in [-0.15, -0.1) is 0 Å². The zero-order valence-electron chi connectivity index (χ0n) is 11.7. The summed E-state index contributed by atoms with van der Waals surface area (Å²) in [7, 11) is 0. The lowest BCUT2D eigenvalue weighted by atomic mass is 10.00. The van der Waals surface area contributed by atoms with Gasteiger partial charge >= 0.3 is 0 Å². The molecule has 1 aliphatic heterocycles. The fourth-order valence-electron chi connectivity index (χ4n) is 2.28. The van der Waals surface area contributed by atoms with Crippen LogP contribution in [0.3, 0.4) is 0 Å². The van der Waals surface area contributed by atoms with Crippen LogP contribution < -0.4 is 15.4 Å². The number of halogens is 1. The van der Waals surface area contributed by atoms with Crippen LogP contribution >= 0.6 is 0 Å². The summed E-state index contributed by atoms with van der Waals surface area (Å²) in [6.07, 6.45) is 1.65. The van der Waals surface area contributed by atoms with Crippen LogP contribution in [0.1, 0.15) is 19.8 Å². The van der Waals surface area contributed by atoms with Crippen molar-refractivity contribution in [2.24, 2.45) is 5.92 Å². The number of nitrogens with one attached hydrogen (secondary N) is 2. The van der Waals surface area contributed by atoms with Crippen LogP contribution in [0.4, 0.5) is 4.39 Å². The van der Waals surface area contributed by atoms with Crippen LogP contribution in [-0.2, 0) is 4.79 Å². The third-order valence-electron chi connectivity index (χ3n) is 3.44. The number of carbonyl (C=O) groups is 1. The number of rotatable bonds is 5. The summed E-state index contributed by atoms with van der Waals surface area (Å²) in [5.41, 5.74) is 0. The van der Waals surface area contributed by atoms with Gasteiger partial charge in [0, 0.05) is 12.6 Å². The van der Waals surface area contributed by atoms with Crippen LogP contribution in [0, 0.1) is 11.7 Å². The van der Waals surface area contributed by atoms with E-state index in [1.54, 1.807) is 19.1 Å². The Labute approximate surface area is 118 Å². The normalized spacial score (nSPS) is 20.2. The van der Waals surface area contributed by atoms with Crippen LogP contribution in [0.25, 0.3) is 0 Å². The van der Waals surface area contributed by atoms with Gasteiger partial charge in [-0.3, -0.25) is 4.79 Å². The maximum atomic E-state index is 13.0. The van der Waals surface area contributed by atoms with Gasteiger partial charge in [0.25, 0.3) is 5.91 Å². The zero-order chi connectivity index (χ0) is 14.4. The second kappa shape index (κ2) is 7.24. The van der Waals surface area contributed by atoms with Gasteiger partial charge in [-0.1, -0.05) is 6.07 Å². The van der Waals surface area contributed by atoms with E-state index in [-0.39, 0.29) is 11.7 Å². The molecular formula is C15H21FN2O2. The molecule has 1 amide bonds. The number of hydrogen-bond acceptors (Lipinski definition) is 3. The summed E-state index contributed by atoms with van der Waals surface area (Å²) in [6.45, 7) is 4.32. The van der Waals surface area contributed by atoms with E-state index in [1.165, 1.54) is 12.1 Å². The molecule has 2 N–H and O–H groups in total. The minimum absolute atomic E-state index is 0.167. The number of benzene rings is 1. The Morgan fingerprint density at radius 2 is 2.45 bits per heavy atom. The van der Waals surface area contributed by atoms with Gasteiger partial charge in [0.15, 0.2) is 6.10 Å². The molecule has 5 heteroatoms. The van der Waals surface area contributed by atoms with Gasteiger partial charge in [-0.2, -0.15) is 0 Å². The van der Waals surface area contributed by atoms with E-state index in [1.807, 2.05) is 0 Å². The molecule has 2 unspecified atom stereocenters. The van der Waals surface area contributed by atoms with E-state index in [0.29, 0.717) is 18.2 Å². The second-order valence-electron chi connectivity index (χ2n) is 5.17. The van der Waals surface area contributed by atoms with Crippen molar-refractivity contribution in [2.75, 3.05) is 19.6 Å². The van der Waals surface area contributed by atoms with Crippen LogP contribution in [0.2, 0.25) is 0 Å². The predicted octanol–water partition coefficient (Wildman–Crippen LogP) is 1.71. The summed E-state index contributed by atoms with van der Waals surface area (Å²) < 4.78 is 18.5. The van der Waals surface area contributed by atoms with E-state index >= 15 is 0 Å². The molecule has 110 valence electrons. The summed E-state index contributed by atoms with van der Waals surface area (Å²) in [5, 5.41) is 6.20. The van der Waals surface area contributed by atoms with Crippen molar-refractivity contribution in [2.45, 2.75) is 25.9 Å². The van der Waals surface area contributed by atoms with Crippen molar-refractivity contribution in [1.29, 1.82) is 0 Å². The Balaban J connectivity index is 1.76. The molecule has 4 nitrogen and oxygen atoms in total. The lowest BCUT2D eigenvalue weighted by molar-refractivity contribution is -0.127. The Hall–Kier alpha value is -1.62. The van der Waals surface area contributed by atoms with Gasteiger partial charge < -0.3 is 15.4 Å². The molecule has 1 saturated heterocycles. The van der Waals surface area contributed by atoms with Gasteiger partial charge in [0.05, 0.1) is 0 Å². The smallest absolute Gasteiger partial charge is 0.260 e. The highest BCUT2D eigenvalue weighted by Crippen LogP contribution is 2.14. The standard InChI is InChI=1S/C15H21FN2O2/c1-11(20-14-6-2-5-13(16)8-14)15(19)18-10-12-4-3-7-17-9-12/h2,5-6,8,11-12,17H,3-4,7,9-10H2,1H3,(H,18,19). The molecule has 0 bridgehead atoms. The highest BCUT2D eigenvalue weighted by Gasteiger charge is 2.18. The Morgan fingerprint density at radius 3 is 3.15 bits per heavy atom. The van der Waals surface area contributed by atoms with E-state index in [9.17, 15) is 9.18 Å². The second-order valence-corrected chi connectivity index (χ2v) is 5.17. The fraction of sp³-hybridized carbons (Fsp3) is 0.533. The molecular weight excluding hydrogens is 259 g/mol. The number of amides is 1. The van der Waals surface area contributed by atoms with Crippen molar-refractivity contribution >= 4 is 5.91 Å². The highest BCUT2D eigenvalue weighted by atomic mass is 19.1. The van der Waals surface area contributed by atoms with Crippen molar-refractivity contribution < 1.29 is 13.9 Å².